The number of halogens is 4. The van der Waals surface area contributed by atoms with E-state index in [4.69, 9.17) is 21.1 Å². The molecule has 2 fully saturated rings. The van der Waals surface area contributed by atoms with E-state index in [0.29, 0.717) is 39.1 Å². The second kappa shape index (κ2) is 7.53. The van der Waals surface area contributed by atoms with Crippen molar-refractivity contribution < 1.29 is 32.2 Å². The first-order valence-electron chi connectivity index (χ1n) is 9.26. The minimum atomic E-state index is -4.70. The number of amides is 2. The van der Waals surface area contributed by atoms with Crippen LogP contribution in [0.25, 0.3) is 5.65 Å². The molecule has 0 spiro atoms. The van der Waals surface area contributed by atoms with Gasteiger partial charge in [0.15, 0.2) is 11.3 Å². The van der Waals surface area contributed by atoms with Gasteiger partial charge in [0.05, 0.1) is 19.9 Å². The van der Waals surface area contributed by atoms with Gasteiger partial charge in [0.2, 0.25) is 0 Å². The van der Waals surface area contributed by atoms with Crippen molar-refractivity contribution in [1.29, 1.82) is 0 Å². The third-order valence-corrected chi connectivity index (χ3v) is 5.73. The van der Waals surface area contributed by atoms with Gasteiger partial charge in [-0.2, -0.15) is 13.2 Å². The third kappa shape index (κ3) is 3.51. The van der Waals surface area contributed by atoms with Crippen molar-refractivity contribution in [2.75, 3.05) is 33.4 Å². The Labute approximate surface area is 174 Å². The quantitative estimate of drug-likeness (QED) is 0.724. The number of pyridine rings is 1. The first kappa shape index (κ1) is 20.6. The molecule has 2 aromatic rings. The molecular formula is C18H18ClF3N4O4. The van der Waals surface area contributed by atoms with Gasteiger partial charge >= 0.3 is 12.3 Å². The van der Waals surface area contributed by atoms with Crippen molar-refractivity contribution in [3.05, 3.63) is 28.7 Å². The van der Waals surface area contributed by atoms with E-state index in [2.05, 4.69) is 4.98 Å². The highest BCUT2D eigenvalue weighted by Crippen LogP contribution is 2.36. The topological polar surface area (TPSA) is 76.4 Å². The number of imidazole rings is 1. The standard InChI is InChI=1S/C18H18ClF3N4O4/c1-29-11-8-12(18(20,21)22)15-23-13(14(19)26(15)9-11)16(27)24-4-2-10(3-5-24)25-6-7-30-17(25)28/h8-10H,2-7H2,1H3. The third-order valence-electron chi connectivity index (χ3n) is 5.37. The molecule has 0 bridgehead atoms. The van der Waals surface area contributed by atoms with E-state index in [1.165, 1.54) is 18.2 Å². The van der Waals surface area contributed by atoms with Crippen molar-refractivity contribution >= 4 is 29.2 Å². The van der Waals surface area contributed by atoms with Gasteiger partial charge in [0.1, 0.15) is 23.1 Å². The van der Waals surface area contributed by atoms with Crippen LogP contribution in [0.15, 0.2) is 12.3 Å². The molecule has 0 unspecified atom stereocenters. The van der Waals surface area contributed by atoms with E-state index in [1.54, 1.807) is 4.90 Å². The van der Waals surface area contributed by atoms with E-state index in [0.717, 1.165) is 10.5 Å². The minimum Gasteiger partial charge on any atom is -0.495 e. The Bertz CT molecular complexity index is 1000. The maximum Gasteiger partial charge on any atom is 0.420 e. The van der Waals surface area contributed by atoms with Crippen LogP contribution >= 0.6 is 11.6 Å². The van der Waals surface area contributed by atoms with Gasteiger partial charge in [-0.05, 0) is 18.9 Å². The summed E-state index contributed by atoms with van der Waals surface area (Å²) < 4.78 is 51.3. The summed E-state index contributed by atoms with van der Waals surface area (Å²) in [7, 11) is 1.23. The largest absolute Gasteiger partial charge is 0.495 e. The molecule has 4 rings (SSSR count). The zero-order valence-electron chi connectivity index (χ0n) is 15.9. The maximum absolute atomic E-state index is 13.5. The number of carbonyl (C=O) groups is 2. The first-order valence-corrected chi connectivity index (χ1v) is 9.64. The molecule has 30 heavy (non-hydrogen) atoms. The molecule has 0 atom stereocenters. The molecule has 2 aromatic heterocycles. The van der Waals surface area contributed by atoms with Gasteiger partial charge in [0.25, 0.3) is 5.91 Å². The Morgan fingerprint density at radius 2 is 2.00 bits per heavy atom. The van der Waals surface area contributed by atoms with E-state index >= 15 is 0 Å². The average molecular weight is 447 g/mol. The van der Waals surface area contributed by atoms with Crippen molar-refractivity contribution in [2.24, 2.45) is 0 Å². The fourth-order valence-corrected chi connectivity index (χ4v) is 4.07. The number of carbonyl (C=O) groups excluding carboxylic acids is 2. The highest BCUT2D eigenvalue weighted by Gasteiger charge is 2.38. The number of nitrogens with zero attached hydrogens (tertiary/aromatic N) is 4. The summed E-state index contributed by atoms with van der Waals surface area (Å²) in [4.78, 5) is 31.7. The number of methoxy groups -OCH3 is 1. The number of aromatic nitrogens is 2. The molecule has 4 heterocycles. The molecule has 0 saturated carbocycles. The number of alkyl halides is 3. The normalized spacial score (nSPS) is 18.2. The fourth-order valence-electron chi connectivity index (χ4n) is 3.82. The lowest BCUT2D eigenvalue weighted by molar-refractivity contribution is -0.136. The summed E-state index contributed by atoms with van der Waals surface area (Å²) in [5.41, 5.74) is -1.77. The number of piperidine rings is 1. The second-order valence-corrected chi connectivity index (χ2v) is 7.43. The van der Waals surface area contributed by atoms with E-state index < -0.39 is 23.3 Å². The van der Waals surface area contributed by atoms with Crippen LogP contribution in [0.4, 0.5) is 18.0 Å². The lowest BCUT2D eigenvalue weighted by Crippen LogP contribution is -2.47. The summed E-state index contributed by atoms with van der Waals surface area (Å²) in [6, 6.07) is 0.773. The monoisotopic (exact) mass is 446 g/mol. The molecule has 12 heteroatoms. The van der Waals surface area contributed by atoms with Gasteiger partial charge in [-0.1, -0.05) is 11.6 Å². The van der Waals surface area contributed by atoms with E-state index in [1.807, 2.05) is 0 Å². The summed E-state index contributed by atoms with van der Waals surface area (Å²) in [5.74, 6) is -0.621. The summed E-state index contributed by atoms with van der Waals surface area (Å²) in [5, 5.41) is -0.218. The Balaban J connectivity index is 1.60. The van der Waals surface area contributed by atoms with Crippen LogP contribution in [0.3, 0.4) is 0 Å². The molecular weight excluding hydrogens is 429 g/mol. The van der Waals surface area contributed by atoms with Crippen LogP contribution < -0.4 is 4.74 Å². The molecule has 0 radical (unpaired) electrons. The van der Waals surface area contributed by atoms with Crippen LogP contribution in [0, 0.1) is 0 Å². The molecule has 0 N–H and O–H groups in total. The molecule has 162 valence electrons. The number of fused-ring (bicyclic) bond motifs is 1. The summed E-state index contributed by atoms with van der Waals surface area (Å²) in [6.45, 7) is 1.51. The molecule has 8 nitrogen and oxygen atoms in total. The van der Waals surface area contributed by atoms with E-state index in [9.17, 15) is 22.8 Å². The Morgan fingerprint density at radius 1 is 1.30 bits per heavy atom. The predicted molar refractivity (Wildman–Crippen MR) is 98.7 cm³/mol. The van der Waals surface area contributed by atoms with Crippen LogP contribution in [0.5, 0.6) is 5.75 Å². The van der Waals surface area contributed by atoms with Crippen LogP contribution in [0.1, 0.15) is 28.9 Å². The van der Waals surface area contributed by atoms with Gasteiger partial charge in [-0.25, -0.2) is 9.78 Å². The zero-order valence-corrected chi connectivity index (χ0v) is 16.7. The number of cyclic esters (lactones) is 1. The van der Waals surface area contributed by atoms with Crippen molar-refractivity contribution in [2.45, 2.75) is 25.1 Å². The smallest absolute Gasteiger partial charge is 0.420 e. The second-order valence-electron chi connectivity index (χ2n) is 7.07. The number of ether oxygens (including phenoxy) is 2. The van der Waals surface area contributed by atoms with Crippen LogP contribution in [0.2, 0.25) is 5.15 Å². The molecule has 0 aliphatic carbocycles. The van der Waals surface area contributed by atoms with Crippen LogP contribution in [-0.4, -0.2) is 70.6 Å². The van der Waals surface area contributed by atoms with Gasteiger partial charge in [-0.3, -0.25) is 9.20 Å². The van der Waals surface area contributed by atoms with Crippen LogP contribution in [-0.2, 0) is 10.9 Å². The van der Waals surface area contributed by atoms with Crippen molar-refractivity contribution in [1.82, 2.24) is 19.2 Å². The predicted octanol–water partition coefficient (Wildman–Crippen LogP) is 3.07. The number of rotatable bonds is 3. The van der Waals surface area contributed by atoms with Gasteiger partial charge < -0.3 is 19.3 Å². The molecule has 0 aromatic carbocycles. The Hall–Kier alpha value is -2.69. The SMILES string of the molecule is COc1cc(C(F)(F)F)c2nc(C(=O)N3CCC(N4CCOC4=O)CC3)c(Cl)n2c1. The number of hydrogen-bond acceptors (Lipinski definition) is 5. The lowest BCUT2D eigenvalue weighted by Gasteiger charge is -2.35. The zero-order chi connectivity index (χ0) is 21.6. The Morgan fingerprint density at radius 3 is 2.57 bits per heavy atom. The van der Waals surface area contributed by atoms with Crippen molar-refractivity contribution in [3.63, 3.8) is 0 Å². The lowest BCUT2D eigenvalue weighted by atomic mass is 10.0. The van der Waals surface area contributed by atoms with Gasteiger partial charge in [-0.15, -0.1) is 0 Å². The maximum atomic E-state index is 13.5. The summed E-state index contributed by atoms with van der Waals surface area (Å²) in [6.07, 6.45) is -2.74. The van der Waals surface area contributed by atoms with Gasteiger partial charge in [0, 0.05) is 19.1 Å². The van der Waals surface area contributed by atoms with Crippen molar-refractivity contribution in [3.8, 4) is 5.75 Å². The highest BCUT2D eigenvalue weighted by atomic mass is 35.5. The fraction of sp³-hybridized carbons (Fsp3) is 0.500. The van der Waals surface area contributed by atoms with E-state index in [-0.39, 0.29) is 28.7 Å². The summed E-state index contributed by atoms with van der Waals surface area (Å²) >= 11 is 6.23. The Kier molecular flexibility index (Phi) is 5.16. The average Bonchev–Trinajstić information content (AvgIpc) is 3.29. The molecule has 2 aliphatic heterocycles. The number of hydrogen-bond donors (Lipinski definition) is 0. The highest BCUT2D eigenvalue weighted by molar-refractivity contribution is 6.33. The molecule has 2 aliphatic rings. The number of likely N-dealkylation sites (tertiary alicyclic amines) is 1. The molecule has 2 saturated heterocycles. The molecule has 2 amide bonds. The minimum absolute atomic E-state index is 0.0401. The first-order chi connectivity index (χ1) is 14.2.